The Morgan fingerprint density at radius 2 is 1.80 bits per heavy atom. The maximum Gasteiger partial charge on any atom is 0.283 e. The molecule has 0 saturated carbocycles. The van der Waals surface area contributed by atoms with Gasteiger partial charge in [-0.25, -0.2) is 9.97 Å². The second-order valence-corrected chi connectivity index (χ2v) is 13.8. The molecule has 0 radical (unpaired) electrons. The van der Waals surface area contributed by atoms with Crippen molar-refractivity contribution in [3.8, 4) is 11.4 Å². The summed E-state index contributed by atoms with van der Waals surface area (Å²) < 4.78 is 34.4. The molecule has 0 amide bonds. The molecule has 0 aliphatic carbocycles. The largest absolute Gasteiger partial charge is 0.381 e. The first-order valence-electron chi connectivity index (χ1n) is 14.2. The van der Waals surface area contributed by atoms with Gasteiger partial charge in [0.25, 0.3) is 10.0 Å². The molecule has 4 heterocycles. The number of piperidine rings is 1. The molecule has 6 rings (SSSR count). The zero-order valence-corrected chi connectivity index (χ0v) is 25.5. The standard InChI is InChI=1S/C31H38N6O3S/c1-19-7-10-22(11-8-19)41(38,39)37-25-12-9-20(2)27(28(25)21(3)35-37)29-33-24-13-15-32-17-23(24)30(34-29)36-16-14-26(40-6)31(4,5)18-36/h7-12,26,32H,13-18H2,1-6H3/t26-/m1/s1. The normalized spacial score (nSPS) is 19.0. The fourth-order valence-electron chi connectivity index (χ4n) is 6.40. The van der Waals surface area contributed by atoms with Crippen LogP contribution < -0.4 is 10.2 Å². The number of nitrogens with one attached hydrogen (secondary N) is 1. The van der Waals surface area contributed by atoms with E-state index in [4.69, 9.17) is 14.7 Å². The molecular weight excluding hydrogens is 536 g/mol. The van der Waals surface area contributed by atoms with Crippen molar-refractivity contribution in [2.24, 2.45) is 5.41 Å². The number of anilines is 1. The van der Waals surface area contributed by atoms with E-state index in [1.54, 1.807) is 31.4 Å². The van der Waals surface area contributed by atoms with Gasteiger partial charge < -0.3 is 15.0 Å². The van der Waals surface area contributed by atoms with E-state index in [1.165, 1.54) is 0 Å². The number of hydrogen-bond donors (Lipinski definition) is 1. The molecule has 0 unspecified atom stereocenters. The van der Waals surface area contributed by atoms with Crippen LogP contribution in [0.15, 0.2) is 41.3 Å². The molecule has 10 heteroatoms. The summed E-state index contributed by atoms with van der Waals surface area (Å²) in [6.07, 6.45) is 1.92. The molecule has 1 atom stereocenters. The van der Waals surface area contributed by atoms with Crippen molar-refractivity contribution >= 4 is 26.7 Å². The van der Waals surface area contributed by atoms with Gasteiger partial charge in [-0.3, -0.25) is 0 Å². The average molecular weight is 575 g/mol. The van der Waals surface area contributed by atoms with Crippen LogP contribution in [0, 0.1) is 26.2 Å². The van der Waals surface area contributed by atoms with Gasteiger partial charge in [0, 0.05) is 61.6 Å². The predicted molar refractivity (Wildman–Crippen MR) is 161 cm³/mol. The number of ether oxygens (including phenoxy) is 1. The summed E-state index contributed by atoms with van der Waals surface area (Å²) in [5, 5.41) is 8.82. The lowest BCUT2D eigenvalue weighted by atomic mass is 9.81. The Morgan fingerprint density at radius 1 is 1.05 bits per heavy atom. The van der Waals surface area contributed by atoms with Gasteiger partial charge in [0.2, 0.25) is 0 Å². The van der Waals surface area contributed by atoms with E-state index in [1.807, 2.05) is 32.9 Å². The molecule has 2 aromatic heterocycles. The molecule has 41 heavy (non-hydrogen) atoms. The summed E-state index contributed by atoms with van der Waals surface area (Å²) >= 11 is 0. The first-order valence-corrected chi connectivity index (χ1v) is 15.6. The molecule has 1 fully saturated rings. The van der Waals surface area contributed by atoms with E-state index in [0.717, 1.165) is 82.3 Å². The molecule has 1 saturated heterocycles. The van der Waals surface area contributed by atoms with Gasteiger partial charge in [-0.2, -0.15) is 17.6 Å². The maximum absolute atomic E-state index is 13.7. The SMILES string of the molecule is CO[C@@H]1CCN(c2nc(-c3c(C)ccc4c3c(C)nn4S(=O)(=O)c3ccc(C)cc3)nc3c2CNCC3)CC1(C)C. The number of rotatable bonds is 5. The summed E-state index contributed by atoms with van der Waals surface area (Å²) in [5.74, 6) is 1.57. The number of nitrogens with zero attached hydrogens (tertiary/aromatic N) is 5. The van der Waals surface area contributed by atoms with E-state index in [2.05, 4.69) is 29.2 Å². The van der Waals surface area contributed by atoms with Crippen LogP contribution in [0.1, 0.15) is 48.3 Å². The number of aromatic nitrogens is 4. The second kappa shape index (κ2) is 10.2. The van der Waals surface area contributed by atoms with Crippen LogP contribution in [-0.2, 0) is 27.7 Å². The topological polar surface area (TPSA) is 102 Å². The predicted octanol–water partition coefficient (Wildman–Crippen LogP) is 4.55. The minimum absolute atomic E-state index is 0.0366. The van der Waals surface area contributed by atoms with Crippen LogP contribution in [0.5, 0.6) is 0 Å². The Kier molecular flexibility index (Phi) is 6.91. The van der Waals surface area contributed by atoms with Gasteiger partial charge in [0.05, 0.1) is 27.9 Å². The Bertz CT molecular complexity index is 1740. The summed E-state index contributed by atoms with van der Waals surface area (Å²) in [4.78, 5) is 12.9. The van der Waals surface area contributed by atoms with E-state index < -0.39 is 10.0 Å². The molecule has 2 aliphatic heterocycles. The highest BCUT2D eigenvalue weighted by atomic mass is 32.2. The van der Waals surface area contributed by atoms with Crippen LogP contribution in [0.25, 0.3) is 22.3 Å². The maximum atomic E-state index is 13.7. The third kappa shape index (κ3) is 4.71. The van der Waals surface area contributed by atoms with Crippen molar-refractivity contribution in [2.75, 3.05) is 31.6 Å². The summed E-state index contributed by atoms with van der Waals surface area (Å²) in [6, 6.07) is 10.6. The average Bonchev–Trinajstić information content (AvgIpc) is 3.29. The fourth-order valence-corrected chi connectivity index (χ4v) is 7.72. The molecule has 2 aromatic carbocycles. The Labute approximate surface area is 242 Å². The van der Waals surface area contributed by atoms with Crippen LogP contribution >= 0.6 is 0 Å². The van der Waals surface area contributed by atoms with E-state index in [-0.39, 0.29) is 16.4 Å². The quantitative estimate of drug-likeness (QED) is 0.370. The lowest BCUT2D eigenvalue weighted by molar-refractivity contribution is -0.00647. The van der Waals surface area contributed by atoms with E-state index >= 15 is 0 Å². The first-order chi connectivity index (χ1) is 19.5. The van der Waals surface area contributed by atoms with Crippen LogP contribution in [0.2, 0.25) is 0 Å². The van der Waals surface area contributed by atoms with Crippen molar-refractivity contribution < 1.29 is 13.2 Å². The molecule has 4 aromatic rings. The van der Waals surface area contributed by atoms with Crippen molar-refractivity contribution in [1.29, 1.82) is 0 Å². The zero-order valence-electron chi connectivity index (χ0n) is 24.7. The highest BCUT2D eigenvalue weighted by molar-refractivity contribution is 7.90. The van der Waals surface area contributed by atoms with Gasteiger partial charge in [0.15, 0.2) is 5.82 Å². The molecule has 1 N–H and O–H groups in total. The molecule has 216 valence electrons. The highest BCUT2D eigenvalue weighted by Gasteiger charge is 2.38. The summed E-state index contributed by atoms with van der Waals surface area (Å²) in [5.41, 5.74) is 6.11. The van der Waals surface area contributed by atoms with E-state index in [0.29, 0.717) is 17.0 Å². The van der Waals surface area contributed by atoms with Gasteiger partial charge in [-0.05, 0) is 51.0 Å². The summed E-state index contributed by atoms with van der Waals surface area (Å²) in [6.45, 7) is 13.6. The molecule has 9 nitrogen and oxygen atoms in total. The van der Waals surface area contributed by atoms with Crippen LogP contribution in [-0.4, -0.2) is 60.4 Å². The van der Waals surface area contributed by atoms with Crippen LogP contribution in [0.4, 0.5) is 5.82 Å². The smallest absolute Gasteiger partial charge is 0.283 e. The second-order valence-electron chi connectivity index (χ2n) is 12.0. The van der Waals surface area contributed by atoms with Crippen molar-refractivity contribution in [3.05, 3.63) is 64.5 Å². The number of benzene rings is 2. The minimum atomic E-state index is -3.90. The van der Waals surface area contributed by atoms with Crippen molar-refractivity contribution in [3.63, 3.8) is 0 Å². The van der Waals surface area contributed by atoms with Gasteiger partial charge in [-0.1, -0.05) is 37.6 Å². The van der Waals surface area contributed by atoms with Crippen LogP contribution in [0.3, 0.4) is 0 Å². The number of aryl methyl sites for hydroxylation is 3. The Hall–Kier alpha value is -3.34. The van der Waals surface area contributed by atoms with Crippen molar-refractivity contribution in [1.82, 2.24) is 24.5 Å². The third-order valence-electron chi connectivity index (χ3n) is 8.60. The highest BCUT2D eigenvalue weighted by Crippen LogP contribution is 2.39. The Balaban J connectivity index is 1.53. The van der Waals surface area contributed by atoms with Gasteiger partial charge in [0.1, 0.15) is 5.82 Å². The monoisotopic (exact) mass is 574 g/mol. The molecular formula is C31H38N6O3S. The van der Waals surface area contributed by atoms with Gasteiger partial charge in [-0.15, -0.1) is 0 Å². The third-order valence-corrected chi connectivity index (χ3v) is 10.2. The minimum Gasteiger partial charge on any atom is -0.381 e. The fraction of sp³-hybridized carbons (Fsp3) is 0.452. The first kappa shape index (κ1) is 27.8. The van der Waals surface area contributed by atoms with E-state index in [9.17, 15) is 8.42 Å². The lowest BCUT2D eigenvalue weighted by Gasteiger charge is -2.44. The molecule has 0 spiro atoms. The van der Waals surface area contributed by atoms with Gasteiger partial charge >= 0.3 is 0 Å². The number of hydrogen-bond acceptors (Lipinski definition) is 8. The summed E-state index contributed by atoms with van der Waals surface area (Å²) in [7, 11) is -2.10. The van der Waals surface area contributed by atoms with Crippen molar-refractivity contribution in [2.45, 2.75) is 65.0 Å². The molecule has 2 aliphatic rings. The lowest BCUT2D eigenvalue weighted by Crippen LogP contribution is -2.50. The Morgan fingerprint density at radius 3 is 2.51 bits per heavy atom. The number of fused-ring (bicyclic) bond motifs is 2. The zero-order chi connectivity index (χ0) is 29.1. The number of methoxy groups -OCH3 is 1. The molecule has 0 bridgehead atoms.